The highest BCUT2D eigenvalue weighted by Crippen LogP contribution is 2.23. The van der Waals surface area contributed by atoms with E-state index in [4.69, 9.17) is 5.11 Å². The van der Waals surface area contributed by atoms with Crippen molar-refractivity contribution in [3.05, 3.63) is 71.0 Å². The van der Waals surface area contributed by atoms with Gasteiger partial charge < -0.3 is 10.0 Å². The summed E-state index contributed by atoms with van der Waals surface area (Å²) in [5.41, 5.74) is 1.77. The zero-order valence-corrected chi connectivity index (χ0v) is 13.8. The number of carbonyl (C=O) groups is 2. The number of carbonyl (C=O) groups excluding carboxylic acids is 1. The van der Waals surface area contributed by atoms with E-state index in [2.05, 4.69) is 0 Å². The predicted octanol–water partition coefficient (Wildman–Crippen LogP) is 3.30. The van der Waals surface area contributed by atoms with Crippen molar-refractivity contribution in [1.29, 1.82) is 0 Å². The van der Waals surface area contributed by atoms with Crippen molar-refractivity contribution in [2.24, 2.45) is 0 Å². The van der Waals surface area contributed by atoms with Crippen LogP contribution in [0.3, 0.4) is 0 Å². The van der Waals surface area contributed by atoms with Gasteiger partial charge in [-0.15, -0.1) is 0 Å². The van der Waals surface area contributed by atoms with Gasteiger partial charge in [0.15, 0.2) is 0 Å². The molecule has 1 aliphatic rings. The Morgan fingerprint density at radius 2 is 1.88 bits per heavy atom. The summed E-state index contributed by atoms with van der Waals surface area (Å²) in [6.45, 7) is 0.692. The molecule has 1 aliphatic heterocycles. The minimum Gasteiger partial charge on any atom is -0.478 e. The molecule has 0 saturated carbocycles. The number of aromatic carboxylic acids is 1. The fraction of sp³-hybridized carbons (Fsp3) is 0.300. The van der Waals surface area contributed by atoms with E-state index in [9.17, 15) is 14.0 Å². The second-order valence-electron chi connectivity index (χ2n) is 6.40. The Balaban J connectivity index is 1.68. The molecule has 1 unspecified atom stereocenters. The van der Waals surface area contributed by atoms with E-state index in [0.29, 0.717) is 18.5 Å². The van der Waals surface area contributed by atoms with Gasteiger partial charge >= 0.3 is 5.97 Å². The lowest BCUT2D eigenvalue weighted by Crippen LogP contribution is -2.37. The molecule has 0 spiro atoms. The molecule has 0 bridgehead atoms. The van der Waals surface area contributed by atoms with Crippen molar-refractivity contribution in [2.45, 2.75) is 31.7 Å². The second kappa shape index (κ2) is 7.47. The standard InChI is InChI=1S/C20H20FNO3/c21-17-7-2-5-15(11-17)12-18-8-3-9-22(18)19(23)13-14-4-1-6-16(10-14)20(24)25/h1-2,4-7,10-11,18H,3,8-9,12-13H2,(H,24,25). The number of hydrogen-bond acceptors (Lipinski definition) is 2. The van der Waals surface area contributed by atoms with E-state index in [1.54, 1.807) is 18.2 Å². The maximum Gasteiger partial charge on any atom is 0.335 e. The Labute approximate surface area is 145 Å². The number of hydrogen-bond donors (Lipinski definition) is 1. The highest BCUT2D eigenvalue weighted by atomic mass is 19.1. The summed E-state index contributed by atoms with van der Waals surface area (Å²) in [5, 5.41) is 9.06. The van der Waals surface area contributed by atoms with Gasteiger partial charge in [-0.2, -0.15) is 0 Å². The third-order valence-electron chi connectivity index (χ3n) is 4.59. The van der Waals surface area contributed by atoms with Gasteiger partial charge in [0.2, 0.25) is 5.91 Å². The van der Waals surface area contributed by atoms with Crippen LogP contribution in [0.4, 0.5) is 4.39 Å². The van der Waals surface area contributed by atoms with Gasteiger partial charge in [-0.1, -0.05) is 24.3 Å². The first kappa shape index (κ1) is 17.1. The quantitative estimate of drug-likeness (QED) is 0.908. The lowest BCUT2D eigenvalue weighted by atomic mass is 10.0. The second-order valence-corrected chi connectivity index (χ2v) is 6.40. The van der Waals surface area contributed by atoms with Crippen molar-refractivity contribution < 1.29 is 19.1 Å². The van der Waals surface area contributed by atoms with Crippen LogP contribution < -0.4 is 0 Å². The summed E-state index contributed by atoms with van der Waals surface area (Å²) >= 11 is 0. The van der Waals surface area contributed by atoms with Gasteiger partial charge in [0, 0.05) is 12.6 Å². The Bertz CT molecular complexity index is 790. The van der Waals surface area contributed by atoms with Crippen molar-refractivity contribution >= 4 is 11.9 Å². The first-order valence-electron chi connectivity index (χ1n) is 8.39. The van der Waals surface area contributed by atoms with Crippen LogP contribution in [0.2, 0.25) is 0 Å². The first-order chi connectivity index (χ1) is 12.0. The van der Waals surface area contributed by atoms with Crippen molar-refractivity contribution in [3.63, 3.8) is 0 Å². The molecule has 1 fully saturated rings. The summed E-state index contributed by atoms with van der Waals surface area (Å²) in [6, 6.07) is 13.0. The Kier molecular flexibility index (Phi) is 5.12. The van der Waals surface area contributed by atoms with Crippen LogP contribution >= 0.6 is 0 Å². The molecular formula is C20H20FNO3. The van der Waals surface area contributed by atoms with Crippen LogP contribution in [0.5, 0.6) is 0 Å². The average Bonchev–Trinajstić information content (AvgIpc) is 3.03. The summed E-state index contributed by atoms with van der Waals surface area (Å²) in [5.74, 6) is -1.28. The number of carboxylic acids is 1. The van der Waals surface area contributed by atoms with E-state index in [1.165, 1.54) is 24.3 Å². The summed E-state index contributed by atoms with van der Waals surface area (Å²) in [7, 11) is 0. The monoisotopic (exact) mass is 341 g/mol. The molecule has 1 atom stereocenters. The largest absolute Gasteiger partial charge is 0.478 e. The van der Waals surface area contributed by atoms with Crippen LogP contribution in [0.1, 0.15) is 34.3 Å². The molecule has 0 aromatic heterocycles. The highest BCUT2D eigenvalue weighted by Gasteiger charge is 2.28. The van der Waals surface area contributed by atoms with Gasteiger partial charge in [0.1, 0.15) is 5.82 Å². The predicted molar refractivity (Wildman–Crippen MR) is 91.9 cm³/mol. The average molecular weight is 341 g/mol. The SMILES string of the molecule is O=C(O)c1cccc(CC(=O)N2CCCC2Cc2cccc(F)c2)c1. The number of rotatable bonds is 5. The van der Waals surface area contributed by atoms with Crippen molar-refractivity contribution in [2.75, 3.05) is 6.54 Å². The normalized spacial score (nSPS) is 16.8. The molecule has 0 aliphatic carbocycles. The molecule has 1 N–H and O–H groups in total. The molecule has 2 aromatic rings. The Morgan fingerprint density at radius 1 is 1.12 bits per heavy atom. The van der Waals surface area contributed by atoms with E-state index >= 15 is 0 Å². The molecule has 1 saturated heterocycles. The fourth-order valence-corrected chi connectivity index (χ4v) is 3.40. The number of nitrogens with zero attached hydrogens (tertiary/aromatic N) is 1. The molecule has 5 heteroatoms. The number of carboxylic acid groups (broad SMARTS) is 1. The Morgan fingerprint density at radius 3 is 2.64 bits per heavy atom. The molecular weight excluding hydrogens is 321 g/mol. The summed E-state index contributed by atoms with van der Waals surface area (Å²) in [6.07, 6.45) is 2.65. The van der Waals surface area contributed by atoms with Gasteiger partial charge in [-0.05, 0) is 54.7 Å². The van der Waals surface area contributed by atoms with Crippen LogP contribution in [0.25, 0.3) is 0 Å². The Hall–Kier alpha value is -2.69. The van der Waals surface area contributed by atoms with Gasteiger partial charge in [0.25, 0.3) is 0 Å². The topological polar surface area (TPSA) is 57.6 Å². The van der Waals surface area contributed by atoms with E-state index in [0.717, 1.165) is 18.4 Å². The third-order valence-corrected chi connectivity index (χ3v) is 4.59. The fourth-order valence-electron chi connectivity index (χ4n) is 3.40. The molecule has 3 rings (SSSR count). The van der Waals surface area contributed by atoms with Crippen LogP contribution in [-0.2, 0) is 17.6 Å². The van der Waals surface area contributed by atoms with Crippen LogP contribution in [-0.4, -0.2) is 34.5 Å². The highest BCUT2D eigenvalue weighted by molar-refractivity contribution is 5.88. The van der Waals surface area contributed by atoms with E-state index in [-0.39, 0.29) is 29.8 Å². The molecule has 25 heavy (non-hydrogen) atoms. The van der Waals surface area contributed by atoms with Crippen molar-refractivity contribution in [1.82, 2.24) is 4.90 Å². The first-order valence-corrected chi connectivity index (χ1v) is 8.39. The summed E-state index contributed by atoms with van der Waals surface area (Å²) in [4.78, 5) is 25.6. The van der Waals surface area contributed by atoms with E-state index < -0.39 is 5.97 Å². The van der Waals surface area contributed by atoms with Crippen LogP contribution in [0, 0.1) is 5.82 Å². The number of likely N-dealkylation sites (tertiary alicyclic amines) is 1. The number of amides is 1. The third kappa shape index (κ3) is 4.24. The maximum absolute atomic E-state index is 13.4. The smallest absolute Gasteiger partial charge is 0.335 e. The van der Waals surface area contributed by atoms with Gasteiger partial charge in [0.05, 0.1) is 12.0 Å². The maximum atomic E-state index is 13.4. The lowest BCUT2D eigenvalue weighted by molar-refractivity contribution is -0.131. The number of benzene rings is 2. The zero-order valence-electron chi connectivity index (χ0n) is 13.8. The van der Waals surface area contributed by atoms with Crippen molar-refractivity contribution in [3.8, 4) is 0 Å². The molecule has 2 aromatic carbocycles. The van der Waals surface area contributed by atoms with Gasteiger partial charge in [-0.25, -0.2) is 9.18 Å². The molecule has 4 nitrogen and oxygen atoms in total. The summed E-state index contributed by atoms with van der Waals surface area (Å²) < 4.78 is 13.4. The molecule has 1 heterocycles. The minimum atomic E-state index is -1.00. The minimum absolute atomic E-state index is 0.0126. The zero-order chi connectivity index (χ0) is 17.8. The molecule has 130 valence electrons. The molecule has 1 amide bonds. The van der Waals surface area contributed by atoms with Gasteiger partial charge in [-0.3, -0.25) is 4.79 Å². The van der Waals surface area contributed by atoms with E-state index in [1.807, 2.05) is 11.0 Å². The number of halogens is 1. The lowest BCUT2D eigenvalue weighted by Gasteiger charge is -2.25. The molecule has 0 radical (unpaired) electrons. The van der Waals surface area contributed by atoms with Crippen LogP contribution in [0.15, 0.2) is 48.5 Å².